The van der Waals surface area contributed by atoms with Gasteiger partial charge in [0.2, 0.25) is 0 Å². The largest absolute Gasteiger partial charge is 0.508 e. The van der Waals surface area contributed by atoms with E-state index in [9.17, 15) is 24.3 Å². The lowest BCUT2D eigenvalue weighted by molar-refractivity contribution is 0.00469. The van der Waals surface area contributed by atoms with Crippen LogP contribution in [0.4, 0.5) is 19.2 Å². The molecular weight excluding hydrogens is 732 g/mol. The predicted octanol–water partition coefficient (Wildman–Crippen LogP) is 6.10. The molecule has 3 N–H and O–H groups in total. The summed E-state index contributed by atoms with van der Waals surface area (Å²) in [6, 6.07) is 15.4. The van der Waals surface area contributed by atoms with Crippen LogP contribution in [0.2, 0.25) is 0 Å². The van der Waals surface area contributed by atoms with Crippen molar-refractivity contribution in [2.45, 2.75) is 98.0 Å². The molecule has 57 heavy (non-hydrogen) atoms. The molecule has 318 valence electrons. The number of amides is 4. The number of carbonyl (C=O) groups is 4. The van der Waals surface area contributed by atoms with E-state index in [0.29, 0.717) is 58.0 Å². The van der Waals surface area contributed by atoms with E-state index in [4.69, 9.17) is 18.9 Å². The molecular formula is C42H66N6O9. The highest BCUT2D eigenvalue weighted by molar-refractivity contribution is 5.71. The lowest BCUT2D eigenvalue weighted by Gasteiger charge is -2.35. The van der Waals surface area contributed by atoms with Crippen molar-refractivity contribution in [2.24, 2.45) is 0 Å². The van der Waals surface area contributed by atoms with Crippen molar-refractivity contribution in [3.63, 3.8) is 0 Å². The van der Waals surface area contributed by atoms with Gasteiger partial charge >= 0.3 is 24.4 Å². The topological polar surface area (TPSA) is 162 Å². The van der Waals surface area contributed by atoms with Gasteiger partial charge in [-0.2, -0.15) is 0 Å². The number of para-hydroxylation sites is 1. The number of nitrogens with zero attached hydrogens (tertiary/aromatic N) is 4. The van der Waals surface area contributed by atoms with Crippen LogP contribution < -0.4 is 15.4 Å². The summed E-state index contributed by atoms with van der Waals surface area (Å²) < 4.78 is 22.7. The fraction of sp³-hybridized carbons (Fsp3) is 0.619. The fourth-order valence-corrected chi connectivity index (χ4v) is 5.79. The van der Waals surface area contributed by atoms with Crippen molar-refractivity contribution in [1.82, 2.24) is 30.2 Å². The molecule has 1 aliphatic heterocycles. The van der Waals surface area contributed by atoms with E-state index >= 15 is 0 Å². The van der Waals surface area contributed by atoms with Gasteiger partial charge in [0.05, 0.1) is 0 Å². The highest BCUT2D eigenvalue weighted by Crippen LogP contribution is 2.16. The van der Waals surface area contributed by atoms with Crippen LogP contribution in [0, 0.1) is 0 Å². The first-order valence-corrected chi connectivity index (χ1v) is 19.8. The average Bonchev–Trinajstić information content (AvgIpc) is 3.08. The summed E-state index contributed by atoms with van der Waals surface area (Å²) in [6.45, 7) is 20.4. The van der Waals surface area contributed by atoms with Crippen LogP contribution in [0.15, 0.2) is 54.6 Å². The Bertz CT molecular complexity index is 1510. The number of hydrogen-bond acceptors (Lipinski definition) is 11. The van der Waals surface area contributed by atoms with Gasteiger partial charge in [-0.05, 0) is 118 Å². The normalized spacial score (nSPS) is 15.8. The van der Waals surface area contributed by atoms with E-state index in [1.165, 1.54) is 4.90 Å². The average molecular weight is 799 g/mol. The minimum Gasteiger partial charge on any atom is -0.508 e. The zero-order chi connectivity index (χ0) is 42.2. The van der Waals surface area contributed by atoms with E-state index in [1.54, 1.807) is 67.0 Å². The summed E-state index contributed by atoms with van der Waals surface area (Å²) in [5.41, 5.74) is -1.21. The third kappa shape index (κ3) is 19.3. The molecule has 0 saturated carbocycles. The molecule has 0 spiro atoms. The summed E-state index contributed by atoms with van der Waals surface area (Å²) in [7, 11) is 0. The third-order valence-electron chi connectivity index (χ3n) is 8.52. The van der Waals surface area contributed by atoms with Crippen LogP contribution in [0.1, 0.15) is 74.3 Å². The quantitative estimate of drug-likeness (QED) is 0.188. The molecule has 15 heteroatoms. The van der Waals surface area contributed by atoms with E-state index < -0.39 is 41.2 Å². The maximum atomic E-state index is 13.4. The Morgan fingerprint density at radius 1 is 0.649 bits per heavy atom. The molecule has 4 amide bonds. The number of ether oxygens (including phenoxy) is 4. The van der Waals surface area contributed by atoms with Crippen LogP contribution in [-0.4, -0.2) is 144 Å². The Morgan fingerprint density at radius 2 is 1.09 bits per heavy atom. The molecule has 0 radical (unpaired) electrons. The zero-order valence-corrected chi connectivity index (χ0v) is 35.5. The van der Waals surface area contributed by atoms with Crippen molar-refractivity contribution in [3.05, 3.63) is 60.2 Å². The van der Waals surface area contributed by atoms with Gasteiger partial charge < -0.3 is 49.4 Å². The Labute approximate surface area is 338 Å². The Balaban J connectivity index is 1.72. The van der Waals surface area contributed by atoms with E-state index in [1.807, 2.05) is 59.7 Å². The number of phenols is 1. The second-order valence-corrected chi connectivity index (χ2v) is 17.2. The van der Waals surface area contributed by atoms with Crippen molar-refractivity contribution >= 4 is 24.4 Å². The summed E-state index contributed by atoms with van der Waals surface area (Å²) in [5.74, 6) is 0.603. The van der Waals surface area contributed by atoms with Gasteiger partial charge in [0.25, 0.3) is 0 Å². The maximum Gasteiger partial charge on any atom is 0.412 e. The SMILES string of the molecule is CC(C)(C)OC(=O)N1CCN(CCCNC[C@H](Cc2ccc(O)cc2)NC(=O)Oc2ccccc2)CCN(C(=O)OC(C)(C)C)CCN(C(=O)OC(C)(C)C)CC1. The molecule has 2 aromatic carbocycles. The number of rotatable bonds is 10. The summed E-state index contributed by atoms with van der Waals surface area (Å²) in [5, 5.41) is 16.2. The van der Waals surface area contributed by atoms with Gasteiger partial charge in [0, 0.05) is 64.9 Å². The van der Waals surface area contributed by atoms with Gasteiger partial charge in [-0.3, -0.25) is 4.90 Å². The highest BCUT2D eigenvalue weighted by atomic mass is 16.6. The second-order valence-electron chi connectivity index (χ2n) is 17.2. The van der Waals surface area contributed by atoms with Gasteiger partial charge in [-0.25, -0.2) is 19.2 Å². The molecule has 0 unspecified atom stereocenters. The monoisotopic (exact) mass is 798 g/mol. The van der Waals surface area contributed by atoms with Crippen molar-refractivity contribution < 1.29 is 43.2 Å². The molecule has 1 fully saturated rings. The molecule has 0 aliphatic carbocycles. The Hall–Kier alpha value is -4.76. The summed E-state index contributed by atoms with van der Waals surface area (Å²) >= 11 is 0. The minimum atomic E-state index is -0.732. The van der Waals surface area contributed by atoms with Gasteiger partial charge in [0.1, 0.15) is 28.3 Å². The van der Waals surface area contributed by atoms with E-state index in [-0.39, 0.29) is 38.0 Å². The van der Waals surface area contributed by atoms with Crippen molar-refractivity contribution in [3.8, 4) is 11.5 Å². The van der Waals surface area contributed by atoms with Crippen LogP contribution >= 0.6 is 0 Å². The smallest absolute Gasteiger partial charge is 0.412 e. The zero-order valence-electron chi connectivity index (χ0n) is 35.5. The number of aromatic hydroxyl groups is 1. The summed E-state index contributed by atoms with van der Waals surface area (Å²) in [4.78, 5) is 60.0. The minimum absolute atomic E-state index is 0.165. The standard InChI is InChI=1S/C42H66N6O9/c1-40(2,3)55-37(51)46-24-22-45(23-25-47(38(52)56-41(4,5)6)27-29-48(28-26-46)39(53)57-42(7,8)9)21-13-20-43-31-33(30-32-16-18-34(49)19-17-32)44-36(50)54-35-14-11-10-12-15-35/h10-12,14-19,33,43,49H,13,20-31H2,1-9H3,(H,44,50)/t33-/m0/s1. The molecule has 1 aliphatic rings. The van der Waals surface area contributed by atoms with Gasteiger partial charge in [0.15, 0.2) is 0 Å². The van der Waals surface area contributed by atoms with Crippen LogP contribution in [0.5, 0.6) is 11.5 Å². The highest BCUT2D eigenvalue weighted by Gasteiger charge is 2.29. The number of phenolic OH excluding ortho intramolecular Hbond substituents is 1. The first-order valence-electron chi connectivity index (χ1n) is 19.8. The second kappa shape index (κ2) is 21.7. The fourth-order valence-electron chi connectivity index (χ4n) is 5.79. The van der Waals surface area contributed by atoms with Crippen molar-refractivity contribution in [1.29, 1.82) is 0 Å². The van der Waals surface area contributed by atoms with Crippen molar-refractivity contribution in [2.75, 3.05) is 72.0 Å². The Kier molecular flexibility index (Phi) is 17.7. The number of hydrogen-bond donors (Lipinski definition) is 3. The number of benzene rings is 2. The predicted molar refractivity (Wildman–Crippen MR) is 219 cm³/mol. The number of nitrogens with one attached hydrogen (secondary N) is 2. The van der Waals surface area contributed by atoms with Gasteiger partial charge in [-0.15, -0.1) is 0 Å². The lowest BCUT2D eigenvalue weighted by Crippen LogP contribution is -2.51. The lowest BCUT2D eigenvalue weighted by atomic mass is 10.1. The van der Waals surface area contributed by atoms with Crippen LogP contribution in [-0.2, 0) is 20.6 Å². The van der Waals surface area contributed by atoms with E-state index in [2.05, 4.69) is 15.5 Å². The summed E-state index contributed by atoms with van der Waals surface area (Å²) in [6.07, 6.45) is -0.807. The molecule has 0 aromatic heterocycles. The van der Waals surface area contributed by atoms with Crippen LogP contribution in [0.25, 0.3) is 0 Å². The maximum absolute atomic E-state index is 13.4. The molecule has 1 atom stereocenters. The first kappa shape index (κ1) is 46.6. The van der Waals surface area contributed by atoms with Gasteiger partial charge in [-0.1, -0.05) is 30.3 Å². The molecule has 1 saturated heterocycles. The molecule has 15 nitrogen and oxygen atoms in total. The molecule has 0 bridgehead atoms. The third-order valence-corrected chi connectivity index (χ3v) is 8.52. The Morgan fingerprint density at radius 3 is 1.53 bits per heavy atom. The first-order chi connectivity index (χ1) is 26.7. The van der Waals surface area contributed by atoms with E-state index in [0.717, 1.165) is 12.0 Å². The molecule has 3 rings (SSSR count). The molecule has 1 heterocycles. The van der Waals surface area contributed by atoms with Crippen LogP contribution in [0.3, 0.4) is 0 Å². The number of carbonyl (C=O) groups excluding carboxylic acids is 4. The molecule has 2 aromatic rings.